The first kappa shape index (κ1) is 21.7. The molecule has 2 aromatic carbocycles. The van der Waals surface area contributed by atoms with Crippen molar-refractivity contribution in [3.05, 3.63) is 30.1 Å². The predicted molar refractivity (Wildman–Crippen MR) is 121 cm³/mol. The van der Waals surface area contributed by atoms with E-state index < -0.39 is 15.8 Å². The van der Waals surface area contributed by atoms with E-state index in [4.69, 9.17) is 10.9 Å². The number of nitrogen functional groups attached to an aromatic ring is 1. The Morgan fingerprint density at radius 1 is 1.24 bits per heavy atom. The summed E-state index contributed by atoms with van der Waals surface area (Å²) in [6.45, 7) is 1.63. The van der Waals surface area contributed by atoms with Crippen molar-refractivity contribution in [2.45, 2.75) is 22.3 Å². The lowest BCUT2D eigenvalue weighted by atomic mass is 9.97. The van der Waals surface area contributed by atoms with Gasteiger partial charge in [0.15, 0.2) is 5.95 Å². The Bertz CT molecular complexity index is 1430. The summed E-state index contributed by atoms with van der Waals surface area (Å²) < 4.78 is 43.3. The van der Waals surface area contributed by atoms with Crippen LogP contribution in [0.2, 0.25) is 0 Å². The Balaban J connectivity index is 1.76. The van der Waals surface area contributed by atoms with E-state index in [1.807, 2.05) is 0 Å². The topological polar surface area (TPSA) is 193 Å². The normalized spacial score (nSPS) is 16.6. The van der Waals surface area contributed by atoms with Crippen LogP contribution in [0.5, 0.6) is 0 Å². The number of hydrogen-bond donors (Lipinski definition) is 6. The molecule has 0 amide bonds. The number of imidazole rings is 1. The first-order chi connectivity index (χ1) is 15.8. The molecule has 5 rings (SSSR count). The molecule has 0 saturated carbocycles. The summed E-state index contributed by atoms with van der Waals surface area (Å²) in [5.74, 6) is -0.489. The molecule has 3 heterocycles. The smallest absolute Gasteiger partial charge is 0.239 e. The molecule has 4 aromatic rings. The van der Waals surface area contributed by atoms with Crippen molar-refractivity contribution in [1.29, 1.82) is 0 Å². The highest BCUT2D eigenvalue weighted by molar-refractivity contribution is 7.98. The van der Waals surface area contributed by atoms with E-state index in [0.29, 0.717) is 27.1 Å². The van der Waals surface area contributed by atoms with Crippen molar-refractivity contribution >= 4 is 39.0 Å². The van der Waals surface area contributed by atoms with Gasteiger partial charge >= 0.3 is 0 Å². The fourth-order valence-corrected chi connectivity index (χ4v) is 5.98. The zero-order valence-electron chi connectivity index (χ0n) is 17.0. The number of aromatic amines is 2. The molecule has 172 valence electrons. The third-order valence-electron chi connectivity index (χ3n) is 5.23. The van der Waals surface area contributed by atoms with Gasteiger partial charge in [-0.15, -0.1) is 10.2 Å². The monoisotopic (exact) mass is 490 g/mol. The standard InChI is InChI=1S/C18H19FN10O2S2/c19-8-5-11(15-12(6-8)23-18(20)24-15)10-1-2-13(32-27-9-3-4-22-7-9)16(33(21,30)31)14(10)17-25-28-29-26-17/h1-2,5-6,9,22,27H,3-4,7H2,(H3,20,23,24)(H2,21,30,31)(H,25,26,28,29). The molecule has 15 heteroatoms. The summed E-state index contributed by atoms with van der Waals surface area (Å²) in [7, 11) is -4.27. The van der Waals surface area contributed by atoms with Crippen LogP contribution in [0, 0.1) is 5.82 Å². The number of tetrazole rings is 1. The Kier molecular flexibility index (Phi) is 5.49. The van der Waals surface area contributed by atoms with Gasteiger partial charge in [-0.2, -0.15) is 5.21 Å². The van der Waals surface area contributed by atoms with Crippen LogP contribution in [-0.2, 0) is 10.0 Å². The fraction of sp³-hybridized carbons (Fsp3) is 0.222. The summed E-state index contributed by atoms with van der Waals surface area (Å²) in [5, 5.41) is 22.7. The van der Waals surface area contributed by atoms with Crippen molar-refractivity contribution in [2.75, 3.05) is 18.8 Å². The van der Waals surface area contributed by atoms with Crippen LogP contribution in [-0.4, -0.2) is 58.1 Å². The minimum Gasteiger partial charge on any atom is -0.369 e. The summed E-state index contributed by atoms with van der Waals surface area (Å²) in [4.78, 5) is 7.17. The quantitative estimate of drug-likeness (QED) is 0.210. The number of benzene rings is 2. The van der Waals surface area contributed by atoms with Crippen molar-refractivity contribution in [3.8, 4) is 22.5 Å². The number of aromatic nitrogens is 6. The molecule has 1 saturated heterocycles. The maximum absolute atomic E-state index is 14.5. The fourth-order valence-electron chi connectivity index (χ4n) is 3.85. The molecule has 2 aromatic heterocycles. The van der Waals surface area contributed by atoms with Gasteiger partial charge in [0.25, 0.3) is 0 Å². The molecular weight excluding hydrogens is 471 g/mol. The lowest BCUT2D eigenvalue weighted by molar-refractivity contribution is 0.596. The van der Waals surface area contributed by atoms with Gasteiger partial charge in [0.05, 0.1) is 16.6 Å². The number of nitrogens with two attached hydrogens (primary N) is 2. The Labute approximate surface area is 191 Å². The molecule has 0 radical (unpaired) electrons. The molecule has 1 fully saturated rings. The van der Waals surface area contributed by atoms with Crippen LogP contribution >= 0.6 is 11.9 Å². The lowest BCUT2D eigenvalue weighted by Crippen LogP contribution is -2.26. The van der Waals surface area contributed by atoms with E-state index >= 15 is 0 Å². The maximum Gasteiger partial charge on any atom is 0.239 e. The second kappa shape index (κ2) is 8.35. The number of nitrogens with one attached hydrogen (secondary N) is 4. The summed E-state index contributed by atoms with van der Waals surface area (Å²) >= 11 is 1.15. The highest BCUT2D eigenvalue weighted by Crippen LogP contribution is 2.42. The van der Waals surface area contributed by atoms with Gasteiger partial charge in [-0.05, 0) is 53.9 Å². The SMILES string of the molecule is Nc1nc2c(-c3ccc(SNC4CCNC4)c(S(N)(=O)=O)c3-c3nn[nH]n3)cc(F)cc2[nH]1. The second-order valence-corrected chi connectivity index (χ2v) is 9.85. The Morgan fingerprint density at radius 3 is 2.79 bits per heavy atom. The number of sulfonamides is 1. The predicted octanol–water partition coefficient (Wildman–Crippen LogP) is 0.737. The van der Waals surface area contributed by atoms with E-state index in [2.05, 4.69) is 40.6 Å². The highest BCUT2D eigenvalue weighted by Gasteiger charge is 2.29. The largest absolute Gasteiger partial charge is 0.369 e. The average Bonchev–Trinajstić information content (AvgIpc) is 3.51. The van der Waals surface area contributed by atoms with Gasteiger partial charge in [0.1, 0.15) is 10.7 Å². The molecule has 1 aliphatic heterocycles. The molecule has 33 heavy (non-hydrogen) atoms. The number of primary sulfonamides is 1. The zero-order valence-corrected chi connectivity index (χ0v) is 18.6. The van der Waals surface area contributed by atoms with Crippen LogP contribution < -0.4 is 20.9 Å². The number of H-pyrrole nitrogens is 2. The van der Waals surface area contributed by atoms with E-state index in [9.17, 15) is 12.8 Å². The summed E-state index contributed by atoms with van der Waals surface area (Å²) in [6.07, 6.45) is 0.898. The van der Waals surface area contributed by atoms with Crippen molar-refractivity contribution in [1.82, 2.24) is 40.6 Å². The van der Waals surface area contributed by atoms with E-state index in [1.165, 1.54) is 12.1 Å². The van der Waals surface area contributed by atoms with Crippen LogP contribution in [0.25, 0.3) is 33.5 Å². The third kappa shape index (κ3) is 4.16. The van der Waals surface area contributed by atoms with Crippen molar-refractivity contribution < 1.29 is 12.8 Å². The average molecular weight is 491 g/mol. The molecule has 12 nitrogen and oxygen atoms in total. The molecular formula is C18H19FN10O2S2. The van der Waals surface area contributed by atoms with Crippen LogP contribution in [0.3, 0.4) is 0 Å². The van der Waals surface area contributed by atoms with E-state index in [-0.39, 0.29) is 28.3 Å². The van der Waals surface area contributed by atoms with Crippen molar-refractivity contribution in [2.24, 2.45) is 5.14 Å². The lowest BCUT2D eigenvalue weighted by Gasteiger charge is -2.17. The molecule has 0 aliphatic carbocycles. The number of fused-ring (bicyclic) bond motifs is 1. The van der Waals surface area contributed by atoms with Gasteiger partial charge in [-0.3, -0.25) is 4.72 Å². The van der Waals surface area contributed by atoms with Crippen molar-refractivity contribution in [3.63, 3.8) is 0 Å². The number of halogens is 1. The van der Waals surface area contributed by atoms with Gasteiger partial charge in [-0.1, -0.05) is 6.07 Å². The Hall–Kier alpha value is -3.11. The maximum atomic E-state index is 14.5. The van der Waals surface area contributed by atoms with Crippen LogP contribution in [0.1, 0.15) is 6.42 Å². The number of nitrogens with zero attached hydrogens (tertiary/aromatic N) is 4. The number of anilines is 1. The third-order valence-corrected chi connectivity index (χ3v) is 7.36. The molecule has 1 aliphatic rings. The molecule has 0 bridgehead atoms. The number of rotatable bonds is 6. The van der Waals surface area contributed by atoms with Gasteiger partial charge in [0.2, 0.25) is 15.8 Å². The minimum atomic E-state index is -4.27. The first-order valence-corrected chi connectivity index (χ1v) is 12.2. The van der Waals surface area contributed by atoms with Gasteiger partial charge < -0.3 is 16.0 Å². The Morgan fingerprint density at radius 2 is 2.09 bits per heavy atom. The molecule has 8 N–H and O–H groups in total. The highest BCUT2D eigenvalue weighted by atomic mass is 32.2. The second-order valence-electron chi connectivity index (χ2n) is 7.48. The summed E-state index contributed by atoms with van der Waals surface area (Å²) in [6, 6.07) is 5.90. The van der Waals surface area contributed by atoms with E-state index in [0.717, 1.165) is 31.5 Å². The molecule has 1 unspecified atom stereocenters. The number of hydrogen-bond acceptors (Lipinski definition) is 10. The molecule has 1 atom stereocenters. The van der Waals surface area contributed by atoms with Gasteiger partial charge in [-0.25, -0.2) is 22.9 Å². The zero-order chi connectivity index (χ0) is 23.2. The van der Waals surface area contributed by atoms with E-state index in [1.54, 1.807) is 12.1 Å². The van der Waals surface area contributed by atoms with Crippen LogP contribution in [0.4, 0.5) is 10.3 Å². The van der Waals surface area contributed by atoms with Crippen LogP contribution in [0.15, 0.2) is 34.1 Å². The summed E-state index contributed by atoms with van der Waals surface area (Å²) in [5.41, 5.74) is 7.18. The molecule has 0 spiro atoms. The first-order valence-electron chi connectivity index (χ1n) is 9.83. The van der Waals surface area contributed by atoms with Gasteiger partial charge in [0, 0.05) is 23.0 Å². The minimum absolute atomic E-state index is 0.0140.